The van der Waals surface area contributed by atoms with Crippen molar-refractivity contribution in [3.8, 4) is 23.1 Å². The Bertz CT molecular complexity index is 1720. The van der Waals surface area contributed by atoms with Crippen LogP contribution in [-0.4, -0.2) is 17.1 Å². The molecule has 0 saturated carbocycles. The first-order chi connectivity index (χ1) is 16.4. The van der Waals surface area contributed by atoms with Gasteiger partial charge in [-0.2, -0.15) is 5.26 Å². The maximum atomic E-state index is 12.6. The first-order valence-corrected chi connectivity index (χ1v) is 12.0. The number of nitriles is 1. The summed E-state index contributed by atoms with van der Waals surface area (Å²) in [5.74, 6) is 0.692. The van der Waals surface area contributed by atoms with Gasteiger partial charge in [0.2, 0.25) is 0 Å². The minimum Gasteiger partial charge on any atom is -0.497 e. The van der Waals surface area contributed by atoms with Crippen LogP contribution in [0, 0.1) is 11.3 Å². The lowest BCUT2D eigenvalue weighted by Gasteiger charge is -2.05. The first-order valence-electron chi connectivity index (χ1n) is 9.91. The normalized spacial score (nSPS) is 11.6. The van der Waals surface area contributed by atoms with Crippen LogP contribution in [0.5, 0.6) is 5.75 Å². The van der Waals surface area contributed by atoms with Crippen molar-refractivity contribution in [1.29, 1.82) is 5.26 Å². The van der Waals surface area contributed by atoms with Crippen molar-refractivity contribution in [2.75, 3.05) is 7.11 Å². The number of allylic oxidation sites excluding steroid dienone is 1. The average Bonchev–Trinajstić information content (AvgIpc) is 3.32. The molecular weight excluding hydrogens is 538 g/mol. The number of methoxy groups -OCH3 is 1. The van der Waals surface area contributed by atoms with Gasteiger partial charge in [-0.05, 0) is 54.6 Å². The van der Waals surface area contributed by atoms with Gasteiger partial charge in [-0.25, -0.2) is 14.8 Å². The molecular formula is C25H13BrClN3O3S. The molecule has 3 heterocycles. The molecule has 34 heavy (non-hydrogen) atoms. The van der Waals surface area contributed by atoms with Crippen LogP contribution < -0.4 is 10.4 Å². The molecule has 0 unspecified atom stereocenters. The Hall–Kier alpha value is -3.51. The van der Waals surface area contributed by atoms with Crippen molar-refractivity contribution in [2.24, 2.45) is 0 Å². The number of thiazole rings is 1. The first kappa shape index (κ1) is 22.3. The Morgan fingerprint density at radius 3 is 2.82 bits per heavy atom. The van der Waals surface area contributed by atoms with Crippen molar-refractivity contribution in [2.45, 2.75) is 0 Å². The van der Waals surface area contributed by atoms with Crippen molar-refractivity contribution >= 4 is 72.4 Å². The van der Waals surface area contributed by atoms with Crippen molar-refractivity contribution in [3.05, 3.63) is 84.5 Å². The molecule has 2 aromatic carbocycles. The lowest BCUT2D eigenvalue weighted by Crippen LogP contribution is -2.03. The molecule has 6 nitrogen and oxygen atoms in total. The van der Waals surface area contributed by atoms with Gasteiger partial charge in [0.1, 0.15) is 27.6 Å². The number of benzene rings is 2. The van der Waals surface area contributed by atoms with E-state index < -0.39 is 5.63 Å². The van der Waals surface area contributed by atoms with Gasteiger partial charge >= 0.3 is 5.63 Å². The summed E-state index contributed by atoms with van der Waals surface area (Å²) < 4.78 is 11.6. The van der Waals surface area contributed by atoms with Gasteiger partial charge in [0, 0.05) is 26.2 Å². The van der Waals surface area contributed by atoms with Crippen molar-refractivity contribution in [3.63, 3.8) is 0 Å². The minimum atomic E-state index is -0.495. The van der Waals surface area contributed by atoms with Crippen LogP contribution in [0.15, 0.2) is 67.6 Å². The highest BCUT2D eigenvalue weighted by Crippen LogP contribution is 2.31. The van der Waals surface area contributed by atoms with Gasteiger partial charge in [0.25, 0.3) is 0 Å². The molecule has 0 amide bonds. The molecule has 0 aliphatic carbocycles. The summed E-state index contributed by atoms with van der Waals surface area (Å²) in [6.07, 6.45) is 1.64. The molecule has 0 spiro atoms. The van der Waals surface area contributed by atoms with Gasteiger partial charge in [0.15, 0.2) is 0 Å². The number of pyridine rings is 1. The van der Waals surface area contributed by atoms with Gasteiger partial charge < -0.3 is 9.15 Å². The van der Waals surface area contributed by atoms with Gasteiger partial charge in [-0.1, -0.05) is 27.5 Å². The van der Waals surface area contributed by atoms with Crippen molar-refractivity contribution < 1.29 is 9.15 Å². The number of hydrogen-bond acceptors (Lipinski definition) is 7. The lowest BCUT2D eigenvalue weighted by molar-refractivity contribution is 0.415. The molecule has 0 N–H and O–H groups in total. The quantitative estimate of drug-likeness (QED) is 0.137. The largest absolute Gasteiger partial charge is 0.497 e. The summed E-state index contributed by atoms with van der Waals surface area (Å²) >= 11 is 11.1. The molecule has 3 aromatic heterocycles. The summed E-state index contributed by atoms with van der Waals surface area (Å²) in [4.78, 5) is 21.5. The zero-order valence-corrected chi connectivity index (χ0v) is 20.7. The summed E-state index contributed by atoms with van der Waals surface area (Å²) in [5.41, 5.74) is 2.34. The highest BCUT2D eigenvalue weighted by Gasteiger charge is 2.15. The average molecular weight is 551 g/mol. The lowest BCUT2D eigenvalue weighted by atomic mass is 10.1. The third kappa shape index (κ3) is 4.21. The molecule has 0 saturated heterocycles. The second kappa shape index (κ2) is 9.03. The fourth-order valence-electron chi connectivity index (χ4n) is 3.47. The fraction of sp³-hybridized carbons (Fsp3) is 0.0400. The van der Waals surface area contributed by atoms with Crippen LogP contribution in [-0.2, 0) is 0 Å². The van der Waals surface area contributed by atoms with Gasteiger partial charge in [0.05, 0.1) is 29.5 Å². The topological polar surface area (TPSA) is 89.0 Å². The number of halogens is 2. The standard InChI is InChI=1S/C25H13BrClN3O3S/c1-32-18-3-4-20-13(9-18)6-15(23(27)29-20)7-16(11-28)24-30-21(12-34-24)19-10-14-8-17(26)2-5-22(14)33-25(19)31/h2-10,12H,1H3. The number of fused-ring (bicyclic) bond motifs is 2. The summed E-state index contributed by atoms with van der Waals surface area (Å²) in [7, 11) is 1.59. The van der Waals surface area contributed by atoms with E-state index in [9.17, 15) is 10.1 Å². The van der Waals surface area contributed by atoms with E-state index in [1.807, 2.05) is 24.3 Å². The maximum Gasteiger partial charge on any atom is 0.345 e. The van der Waals surface area contributed by atoms with E-state index in [1.54, 1.807) is 42.8 Å². The highest BCUT2D eigenvalue weighted by molar-refractivity contribution is 9.10. The molecule has 0 aliphatic heterocycles. The van der Waals surface area contributed by atoms with E-state index in [1.165, 1.54) is 11.3 Å². The molecule has 5 aromatic rings. The third-order valence-corrected chi connectivity index (χ3v) is 6.80. The summed E-state index contributed by atoms with van der Waals surface area (Å²) in [6, 6.07) is 16.6. The summed E-state index contributed by atoms with van der Waals surface area (Å²) in [6.45, 7) is 0. The zero-order valence-electron chi connectivity index (χ0n) is 17.5. The molecule has 5 rings (SSSR count). The Balaban J connectivity index is 1.56. The Morgan fingerprint density at radius 1 is 1.18 bits per heavy atom. The minimum absolute atomic E-state index is 0.267. The van der Waals surface area contributed by atoms with E-state index in [2.05, 4.69) is 32.0 Å². The smallest absolute Gasteiger partial charge is 0.345 e. The number of rotatable bonds is 4. The second-order valence-electron chi connectivity index (χ2n) is 7.26. The highest BCUT2D eigenvalue weighted by atomic mass is 79.9. The number of ether oxygens (including phenoxy) is 1. The molecule has 0 bridgehead atoms. The maximum absolute atomic E-state index is 12.6. The Kier molecular flexibility index (Phi) is 5.92. The van der Waals surface area contributed by atoms with Crippen LogP contribution in [0.1, 0.15) is 10.6 Å². The number of aromatic nitrogens is 2. The van der Waals surface area contributed by atoms with Gasteiger partial charge in [-0.3, -0.25) is 0 Å². The van der Waals surface area contributed by atoms with Crippen molar-refractivity contribution in [1.82, 2.24) is 9.97 Å². The van der Waals surface area contributed by atoms with E-state index in [-0.39, 0.29) is 5.15 Å². The molecule has 0 radical (unpaired) electrons. The molecule has 166 valence electrons. The molecule has 0 aliphatic rings. The second-order valence-corrected chi connectivity index (χ2v) is 9.40. The third-order valence-electron chi connectivity index (χ3n) is 5.13. The Morgan fingerprint density at radius 2 is 2.03 bits per heavy atom. The van der Waals surface area contributed by atoms with Crippen LogP contribution in [0.4, 0.5) is 0 Å². The SMILES string of the molecule is COc1ccc2nc(Cl)c(C=C(C#N)c3nc(-c4cc5cc(Br)ccc5oc4=O)cs3)cc2c1. The zero-order chi connectivity index (χ0) is 23.8. The van der Waals surface area contributed by atoms with Gasteiger partial charge in [-0.15, -0.1) is 11.3 Å². The monoisotopic (exact) mass is 549 g/mol. The van der Waals surface area contributed by atoms with Crippen LogP contribution in [0.25, 0.3) is 44.8 Å². The molecule has 0 fully saturated rings. The predicted molar refractivity (Wildman–Crippen MR) is 138 cm³/mol. The van der Waals surface area contributed by atoms with E-state index in [4.69, 9.17) is 20.8 Å². The van der Waals surface area contributed by atoms with E-state index in [0.29, 0.717) is 44.3 Å². The fourth-order valence-corrected chi connectivity index (χ4v) is 4.83. The molecule has 0 atom stereocenters. The Labute approximate surface area is 210 Å². The van der Waals surface area contributed by atoms with Crippen LogP contribution in [0.3, 0.4) is 0 Å². The van der Waals surface area contributed by atoms with Crippen LogP contribution >= 0.6 is 38.9 Å². The van der Waals surface area contributed by atoms with E-state index >= 15 is 0 Å². The summed E-state index contributed by atoms with van der Waals surface area (Å²) in [5, 5.41) is 13.8. The van der Waals surface area contributed by atoms with E-state index in [0.717, 1.165) is 15.2 Å². The molecule has 9 heteroatoms. The predicted octanol–water partition coefficient (Wildman–Crippen LogP) is 6.95. The number of hydrogen-bond donors (Lipinski definition) is 0. The number of nitrogens with zero attached hydrogens (tertiary/aromatic N) is 3. The van der Waals surface area contributed by atoms with Crippen LogP contribution in [0.2, 0.25) is 5.15 Å².